The standard InChI is InChI=1S/C19H26N2O2/c1-3-4-15-23-17-11-9-16(10-12-17)20-13-14-21-18-7-5-6-8-19(18)22-2/h5-12,20-21H,3-4,13-15H2,1-2H3. The van der Waals surface area contributed by atoms with Crippen LogP contribution >= 0.6 is 0 Å². The number of nitrogens with one attached hydrogen (secondary N) is 2. The first-order valence-electron chi connectivity index (χ1n) is 8.17. The number of rotatable bonds is 10. The van der Waals surface area contributed by atoms with Gasteiger partial charge in [-0.25, -0.2) is 0 Å². The van der Waals surface area contributed by atoms with E-state index in [0.29, 0.717) is 0 Å². The van der Waals surface area contributed by atoms with E-state index in [1.54, 1.807) is 7.11 Å². The minimum absolute atomic E-state index is 0.784. The molecule has 0 saturated heterocycles. The molecule has 0 aliphatic heterocycles. The third kappa shape index (κ3) is 5.74. The molecule has 0 heterocycles. The number of anilines is 2. The number of methoxy groups -OCH3 is 1. The summed E-state index contributed by atoms with van der Waals surface area (Å²) < 4.78 is 11.0. The lowest BCUT2D eigenvalue weighted by Crippen LogP contribution is -2.14. The Bertz CT molecular complexity index is 570. The third-order valence-electron chi connectivity index (χ3n) is 3.50. The molecule has 124 valence electrons. The zero-order valence-electron chi connectivity index (χ0n) is 14.0. The van der Waals surface area contributed by atoms with Gasteiger partial charge in [-0.15, -0.1) is 0 Å². The first-order chi connectivity index (χ1) is 11.3. The molecule has 0 radical (unpaired) electrons. The summed E-state index contributed by atoms with van der Waals surface area (Å²) in [6.07, 6.45) is 2.24. The highest BCUT2D eigenvalue weighted by Gasteiger charge is 2.00. The molecule has 2 rings (SSSR count). The van der Waals surface area contributed by atoms with Gasteiger partial charge in [0.15, 0.2) is 0 Å². The fraction of sp³-hybridized carbons (Fsp3) is 0.368. The Hall–Kier alpha value is -2.36. The maximum Gasteiger partial charge on any atom is 0.141 e. The summed E-state index contributed by atoms with van der Waals surface area (Å²) in [7, 11) is 1.68. The van der Waals surface area contributed by atoms with E-state index in [4.69, 9.17) is 9.47 Å². The van der Waals surface area contributed by atoms with Crippen molar-refractivity contribution < 1.29 is 9.47 Å². The molecule has 2 N–H and O–H groups in total. The van der Waals surface area contributed by atoms with Gasteiger partial charge in [-0.3, -0.25) is 0 Å². The molecule has 0 atom stereocenters. The van der Waals surface area contributed by atoms with E-state index in [2.05, 4.69) is 17.6 Å². The molecule has 2 aromatic carbocycles. The Labute approximate surface area is 138 Å². The van der Waals surface area contributed by atoms with Gasteiger partial charge in [0.05, 0.1) is 19.4 Å². The monoisotopic (exact) mass is 314 g/mol. The lowest BCUT2D eigenvalue weighted by atomic mass is 10.3. The Morgan fingerprint density at radius 1 is 0.913 bits per heavy atom. The summed E-state index contributed by atoms with van der Waals surface area (Å²) in [5.74, 6) is 1.79. The molecular formula is C19H26N2O2. The van der Waals surface area contributed by atoms with Gasteiger partial charge < -0.3 is 20.1 Å². The van der Waals surface area contributed by atoms with Crippen molar-refractivity contribution in [2.24, 2.45) is 0 Å². The zero-order valence-corrected chi connectivity index (χ0v) is 14.0. The van der Waals surface area contributed by atoms with Gasteiger partial charge in [0.25, 0.3) is 0 Å². The molecule has 0 aromatic heterocycles. The van der Waals surface area contributed by atoms with Crippen LogP contribution in [0.3, 0.4) is 0 Å². The SMILES string of the molecule is CCCCOc1ccc(NCCNc2ccccc2OC)cc1. The topological polar surface area (TPSA) is 42.5 Å². The molecule has 0 aliphatic rings. The molecule has 23 heavy (non-hydrogen) atoms. The number of ether oxygens (including phenoxy) is 2. The van der Waals surface area contributed by atoms with Crippen LogP contribution in [-0.4, -0.2) is 26.8 Å². The summed E-state index contributed by atoms with van der Waals surface area (Å²) >= 11 is 0. The van der Waals surface area contributed by atoms with Crippen molar-refractivity contribution in [3.8, 4) is 11.5 Å². The van der Waals surface area contributed by atoms with Crippen molar-refractivity contribution >= 4 is 11.4 Å². The van der Waals surface area contributed by atoms with E-state index in [1.807, 2.05) is 48.5 Å². The summed E-state index contributed by atoms with van der Waals surface area (Å²) in [6.45, 7) is 4.59. The summed E-state index contributed by atoms with van der Waals surface area (Å²) in [4.78, 5) is 0. The first-order valence-corrected chi connectivity index (χ1v) is 8.17. The molecule has 0 aliphatic carbocycles. The average Bonchev–Trinajstić information content (AvgIpc) is 2.60. The van der Waals surface area contributed by atoms with Gasteiger partial charge >= 0.3 is 0 Å². The van der Waals surface area contributed by atoms with Crippen molar-refractivity contribution in [1.29, 1.82) is 0 Å². The van der Waals surface area contributed by atoms with Gasteiger partial charge in [0.1, 0.15) is 11.5 Å². The van der Waals surface area contributed by atoms with Crippen LogP contribution in [0.15, 0.2) is 48.5 Å². The van der Waals surface area contributed by atoms with Crippen molar-refractivity contribution in [3.05, 3.63) is 48.5 Å². The normalized spacial score (nSPS) is 10.2. The Balaban J connectivity index is 1.71. The molecule has 0 bridgehead atoms. The molecule has 2 aromatic rings. The molecule has 0 fully saturated rings. The van der Waals surface area contributed by atoms with E-state index < -0.39 is 0 Å². The highest BCUT2D eigenvalue weighted by Crippen LogP contribution is 2.22. The number of benzene rings is 2. The molecule has 4 heteroatoms. The molecular weight excluding hydrogens is 288 g/mol. The van der Waals surface area contributed by atoms with E-state index in [0.717, 1.165) is 55.4 Å². The minimum Gasteiger partial charge on any atom is -0.495 e. The fourth-order valence-electron chi connectivity index (χ4n) is 2.20. The van der Waals surface area contributed by atoms with Crippen molar-refractivity contribution in [2.45, 2.75) is 19.8 Å². The smallest absolute Gasteiger partial charge is 0.141 e. The summed E-state index contributed by atoms with van der Waals surface area (Å²) in [5.41, 5.74) is 2.10. The molecule has 0 unspecified atom stereocenters. The van der Waals surface area contributed by atoms with Crippen LogP contribution in [0.25, 0.3) is 0 Å². The first kappa shape index (κ1) is 17.0. The van der Waals surface area contributed by atoms with Crippen LogP contribution in [0.2, 0.25) is 0 Å². The average molecular weight is 314 g/mol. The number of hydrogen-bond donors (Lipinski definition) is 2. The Morgan fingerprint density at radius 3 is 2.39 bits per heavy atom. The van der Waals surface area contributed by atoms with Crippen LogP contribution in [0.4, 0.5) is 11.4 Å². The summed E-state index contributed by atoms with van der Waals surface area (Å²) in [5, 5.41) is 6.76. The number of para-hydroxylation sites is 2. The van der Waals surface area contributed by atoms with E-state index in [9.17, 15) is 0 Å². The van der Waals surface area contributed by atoms with Crippen LogP contribution in [0.1, 0.15) is 19.8 Å². The van der Waals surface area contributed by atoms with Gasteiger partial charge in [-0.2, -0.15) is 0 Å². The predicted molar refractivity (Wildman–Crippen MR) is 96.8 cm³/mol. The van der Waals surface area contributed by atoms with Crippen LogP contribution in [0.5, 0.6) is 11.5 Å². The maximum absolute atomic E-state index is 5.66. The summed E-state index contributed by atoms with van der Waals surface area (Å²) in [6, 6.07) is 16.0. The highest BCUT2D eigenvalue weighted by molar-refractivity contribution is 5.56. The fourth-order valence-corrected chi connectivity index (χ4v) is 2.20. The van der Waals surface area contributed by atoms with Gasteiger partial charge in [-0.05, 0) is 42.8 Å². The highest BCUT2D eigenvalue weighted by atomic mass is 16.5. The quantitative estimate of drug-likeness (QED) is 0.638. The van der Waals surface area contributed by atoms with Crippen LogP contribution in [0, 0.1) is 0 Å². The number of hydrogen-bond acceptors (Lipinski definition) is 4. The van der Waals surface area contributed by atoms with E-state index in [-0.39, 0.29) is 0 Å². The van der Waals surface area contributed by atoms with Crippen LogP contribution < -0.4 is 20.1 Å². The predicted octanol–water partition coefficient (Wildman–Crippen LogP) is 4.40. The molecule has 0 saturated carbocycles. The lowest BCUT2D eigenvalue weighted by Gasteiger charge is -2.12. The Morgan fingerprint density at radius 2 is 1.65 bits per heavy atom. The third-order valence-corrected chi connectivity index (χ3v) is 3.50. The van der Waals surface area contributed by atoms with Gasteiger partial charge in [0, 0.05) is 18.8 Å². The van der Waals surface area contributed by atoms with Crippen molar-refractivity contribution in [2.75, 3.05) is 37.4 Å². The van der Waals surface area contributed by atoms with Crippen molar-refractivity contribution in [1.82, 2.24) is 0 Å². The van der Waals surface area contributed by atoms with E-state index in [1.165, 1.54) is 0 Å². The Kier molecular flexibility index (Phi) is 7.11. The zero-order chi connectivity index (χ0) is 16.3. The molecule has 0 spiro atoms. The second-order valence-electron chi connectivity index (χ2n) is 5.28. The largest absolute Gasteiger partial charge is 0.495 e. The van der Waals surface area contributed by atoms with Crippen LogP contribution in [-0.2, 0) is 0 Å². The second-order valence-corrected chi connectivity index (χ2v) is 5.28. The lowest BCUT2D eigenvalue weighted by molar-refractivity contribution is 0.309. The minimum atomic E-state index is 0.784. The molecule has 0 amide bonds. The van der Waals surface area contributed by atoms with Gasteiger partial charge in [-0.1, -0.05) is 25.5 Å². The van der Waals surface area contributed by atoms with Crippen molar-refractivity contribution in [3.63, 3.8) is 0 Å². The maximum atomic E-state index is 5.66. The van der Waals surface area contributed by atoms with Gasteiger partial charge in [0.2, 0.25) is 0 Å². The molecule has 4 nitrogen and oxygen atoms in total. The second kappa shape index (κ2) is 9.62. The van der Waals surface area contributed by atoms with E-state index >= 15 is 0 Å². The number of unbranched alkanes of at least 4 members (excludes halogenated alkanes) is 1.